The third-order valence-electron chi connectivity index (χ3n) is 1.86. The fraction of sp³-hybridized carbons (Fsp3) is 0.444. The second kappa shape index (κ2) is 5.14. The summed E-state index contributed by atoms with van der Waals surface area (Å²) in [5, 5.41) is 19.5. The summed E-state index contributed by atoms with van der Waals surface area (Å²) in [7, 11) is 0. The van der Waals surface area contributed by atoms with Crippen LogP contribution in [0.3, 0.4) is 0 Å². The number of aliphatic carboxylic acids is 2. The lowest BCUT2D eigenvalue weighted by atomic mass is 9.93. The molecule has 0 spiro atoms. The van der Waals surface area contributed by atoms with Crippen LogP contribution in [0.1, 0.15) is 19.8 Å². The van der Waals surface area contributed by atoms with Gasteiger partial charge < -0.3 is 15.5 Å². The number of amides is 1. The molecule has 3 N–H and O–H groups in total. The summed E-state index contributed by atoms with van der Waals surface area (Å²) in [6, 6.07) is 0. The lowest BCUT2D eigenvalue weighted by Gasteiger charge is -2.25. The second-order valence-corrected chi connectivity index (χ2v) is 3.06. The highest BCUT2D eigenvalue weighted by atomic mass is 16.4. The monoisotopic (exact) mass is 215 g/mol. The Hall–Kier alpha value is -1.85. The maximum Gasteiger partial charge on any atom is 0.333 e. The van der Waals surface area contributed by atoms with Gasteiger partial charge in [-0.2, -0.15) is 0 Å². The molecule has 1 unspecified atom stereocenters. The smallest absolute Gasteiger partial charge is 0.333 e. The Morgan fingerprint density at radius 2 is 1.93 bits per heavy atom. The number of hydrogen-bond acceptors (Lipinski definition) is 3. The average Bonchev–Trinajstić information content (AvgIpc) is 2.11. The van der Waals surface area contributed by atoms with E-state index in [1.165, 1.54) is 0 Å². The van der Waals surface area contributed by atoms with E-state index in [-0.39, 0.29) is 12.8 Å². The van der Waals surface area contributed by atoms with Crippen LogP contribution in [0.5, 0.6) is 0 Å². The van der Waals surface area contributed by atoms with Crippen molar-refractivity contribution in [2.75, 3.05) is 0 Å². The standard InChI is InChI=1S/C9H13NO5/c1-3-9(8(14)15,10-6(2)11)5-4-7(12)13/h3H,1,4-5H2,2H3,(H,10,11)(H,12,13)(H,14,15). The van der Waals surface area contributed by atoms with Crippen molar-refractivity contribution in [1.82, 2.24) is 5.32 Å². The summed E-state index contributed by atoms with van der Waals surface area (Å²) < 4.78 is 0. The number of carboxylic acid groups (broad SMARTS) is 2. The molecule has 6 nitrogen and oxygen atoms in total. The van der Waals surface area contributed by atoms with Crippen LogP contribution in [-0.4, -0.2) is 33.6 Å². The second-order valence-electron chi connectivity index (χ2n) is 3.06. The summed E-state index contributed by atoms with van der Waals surface area (Å²) in [6.45, 7) is 4.45. The number of carbonyl (C=O) groups is 3. The zero-order valence-corrected chi connectivity index (χ0v) is 8.32. The first-order valence-corrected chi connectivity index (χ1v) is 4.21. The van der Waals surface area contributed by atoms with E-state index in [9.17, 15) is 14.4 Å². The minimum atomic E-state index is -1.70. The molecule has 0 fully saturated rings. The molecule has 0 aliphatic heterocycles. The van der Waals surface area contributed by atoms with Gasteiger partial charge in [-0.15, -0.1) is 6.58 Å². The van der Waals surface area contributed by atoms with Crippen molar-refractivity contribution in [3.8, 4) is 0 Å². The maximum atomic E-state index is 10.9. The van der Waals surface area contributed by atoms with Gasteiger partial charge in [0.15, 0.2) is 5.54 Å². The molecule has 0 bridgehead atoms. The van der Waals surface area contributed by atoms with Crippen molar-refractivity contribution >= 4 is 17.8 Å². The molecule has 0 saturated heterocycles. The zero-order valence-electron chi connectivity index (χ0n) is 8.32. The number of carboxylic acids is 2. The van der Waals surface area contributed by atoms with Crippen molar-refractivity contribution in [2.24, 2.45) is 0 Å². The summed E-state index contributed by atoms with van der Waals surface area (Å²) in [4.78, 5) is 32.0. The van der Waals surface area contributed by atoms with Crippen molar-refractivity contribution < 1.29 is 24.6 Å². The van der Waals surface area contributed by atoms with Crippen LogP contribution in [-0.2, 0) is 14.4 Å². The molecule has 1 atom stereocenters. The molecular formula is C9H13NO5. The Bertz CT molecular complexity index is 299. The molecule has 0 aromatic heterocycles. The quantitative estimate of drug-likeness (QED) is 0.541. The molecular weight excluding hydrogens is 202 g/mol. The van der Waals surface area contributed by atoms with Gasteiger partial charge in [-0.25, -0.2) is 4.79 Å². The summed E-state index contributed by atoms with van der Waals surface area (Å²) in [5.74, 6) is -3.01. The van der Waals surface area contributed by atoms with E-state index in [0.717, 1.165) is 13.0 Å². The Labute approximate surface area is 86.6 Å². The van der Waals surface area contributed by atoms with Gasteiger partial charge in [0.2, 0.25) is 5.91 Å². The summed E-state index contributed by atoms with van der Waals surface area (Å²) in [5.41, 5.74) is -1.70. The number of carbonyl (C=O) groups excluding carboxylic acids is 1. The van der Waals surface area contributed by atoms with Gasteiger partial charge in [-0.3, -0.25) is 9.59 Å². The Morgan fingerprint density at radius 1 is 1.40 bits per heavy atom. The first-order chi connectivity index (χ1) is 6.84. The fourth-order valence-electron chi connectivity index (χ4n) is 1.08. The molecule has 0 saturated carbocycles. The molecule has 1 amide bonds. The van der Waals surface area contributed by atoms with E-state index in [4.69, 9.17) is 10.2 Å². The topological polar surface area (TPSA) is 104 Å². The van der Waals surface area contributed by atoms with Crippen LogP contribution in [0.15, 0.2) is 12.7 Å². The van der Waals surface area contributed by atoms with Crippen LogP contribution in [0.2, 0.25) is 0 Å². The maximum absolute atomic E-state index is 10.9. The fourth-order valence-corrected chi connectivity index (χ4v) is 1.08. The summed E-state index contributed by atoms with van der Waals surface area (Å²) in [6.07, 6.45) is 0.430. The molecule has 0 aliphatic carbocycles. The van der Waals surface area contributed by atoms with Gasteiger partial charge in [0.25, 0.3) is 0 Å². The highest BCUT2D eigenvalue weighted by Crippen LogP contribution is 2.15. The van der Waals surface area contributed by atoms with E-state index in [2.05, 4.69) is 11.9 Å². The minimum Gasteiger partial charge on any atom is -0.481 e. The third kappa shape index (κ3) is 3.80. The Kier molecular flexibility index (Phi) is 4.50. The SMILES string of the molecule is C=CC(CCC(=O)O)(NC(C)=O)C(=O)O. The van der Waals surface area contributed by atoms with Crippen LogP contribution < -0.4 is 5.32 Å². The predicted molar refractivity (Wildman–Crippen MR) is 51.3 cm³/mol. The molecule has 0 rings (SSSR count). The van der Waals surface area contributed by atoms with Gasteiger partial charge in [0, 0.05) is 13.3 Å². The number of hydrogen-bond donors (Lipinski definition) is 3. The van der Waals surface area contributed by atoms with Crippen LogP contribution in [0.25, 0.3) is 0 Å². The zero-order chi connectivity index (χ0) is 12.1. The van der Waals surface area contributed by atoms with Gasteiger partial charge in [0.05, 0.1) is 0 Å². The Morgan fingerprint density at radius 3 is 2.20 bits per heavy atom. The molecule has 0 radical (unpaired) electrons. The first kappa shape index (κ1) is 13.2. The molecule has 0 heterocycles. The van der Waals surface area contributed by atoms with Gasteiger partial charge in [-0.05, 0) is 6.42 Å². The largest absolute Gasteiger partial charge is 0.481 e. The van der Waals surface area contributed by atoms with Gasteiger partial charge in [0.1, 0.15) is 0 Å². The number of rotatable bonds is 6. The highest BCUT2D eigenvalue weighted by Gasteiger charge is 2.36. The highest BCUT2D eigenvalue weighted by molar-refractivity contribution is 5.88. The number of nitrogens with one attached hydrogen (secondary N) is 1. The summed E-state index contributed by atoms with van der Waals surface area (Å²) >= 11 is 0. The average molecular weight is 215 g/mol. The van der Waals surface area contributed by atoms with Gasteiger partial charge >= 0.3 is 11.9 Å². The van der Waals surface area contributed by atoms with Gasteiger partial charge in [-0.1, -0.05) is 6.08 Å². The molecule has 0 aromatic rings. The van der Waals surface area contributed by atoms with Crippen LogP contribution in [0, 0.1) is 0 Å². The molecule has 84 valence electrons. The lowest BCUT2D eigenvalue weighted by molar-refractivity contribution is -0.146. The minimum absolute atomic E-state index is 0.235. The third-order valence-corrected chi connectivity index (χ3v) is 1.86. The van der Waals surface area contributed by atoms with E-state index >= 15 is 0 Å². The Balaban J connectivity index is 4.80. The van der Waals surface area contributed by atoms with E-state index in [1.807, 2.05) is 0 Å². The van der Waals surface area contributed by atoms with Crippen molar-refractivity contribution in [3.63, 3.8) is 0 Å². The van der Waals surface area contributed by atoms with Crippen molar-refractivity contribution in [2.45, 2.75) is 25.3 Å². The van der Waals surface area contributed by atoms with E-state index in [1.54, 1.807) is 0 Å². The van der Waals surface area contributed by atoms with Crippen LogP contribution in [0.4, 0.5) is 0 Å². The van der Waals surface area contributed by atoms with Crippen molar-refractivity contribution in [3.05, 3.63) is 12.7 Å². The molecule has 0 aromatic carbocycles. The first-order valence-electron chi connectivity index (χ1n) is 4.21. The molecule has 15 heavy (non-hydrogen) atoms. The molecule has 6 heteroatoms. The van der Waals surface area contributed by atoms with E-state index < -0.39 is 23.4 Å². The van der Waals surface area contributed by atoms with Crippen molar-refractivity contribution in [1.29, 1.82) is 0 Å². The van der Waals surface area contributed by atoms with E-state index in [0.29, 0.717) is 0 Å². The lowest BCUT2D eigenvalue weighted by Crippen LogP contribution is -2.52. The predicted octanol–water partition coefficient (Wildman–Crippen LogP) is -0.00330. The molecule has 0 aliphatic rings. The van der Waals surface area contributed by atoms with Crippen LogP contribution >= 0.6 is 0 Å². The normalized spacial score (nSPS) is 13.7.